The Kier molecular flexibility index (Phi) is 5.38. The number of rotatable bonds is 6. The zero-order chi connectivity index (χ0) is 17.0. The van der Waals surface area contributed by atoms with Crippen LogP contribution in [0.25, 0.3) is 0 Å². The molecular weight excluding hydrogens is 316 g/mol. The smallest absolute Gasteiger partial charge is 0.337 e. The summed E-state index contributed by atoms with van der Waals surface area (Å²) in [6.07, 6.45) is 1.62. The zero-order valence-corrected chi connectivity index (χ0v) is 13.9. The van der Waals surface area contributed by atoms with Gasteiger partial charge in [0.15, 0.2) is 5.16 Å². The number of carboxylic acid groups (broad SMARTS) is 1. The lowest BCUT2D eigenvalue weighted by molar-refractivity contribution is -0.113. The second kappa shape index (κ2) is 7.28. The highest BCUT2D eigenvalue weighted by molar-refractivity contribution is 7.99. The Balaban J connectivity index is 2.03. The number of aromatic carboxylic acids is 1. The van der Waals surface area contributed by atoms with Crippen LogP contribution in [-0.2, 0) is 4.79 Å². The average Bonchev–Trinajstić information content (AvgIpc) is 2.95. The summed E-state index contributed by atoms with van der Waals surface area (Å²) in [6.45, 7) is 5.80. The molecular formula is C15H18N4O3S. The fourth-order valence-corrected chi connectivity index (χ4v) is 2.79. The minimum absolute atomic E-state index is 0.0775. The van der Waals surface area contributed by atoms with Crippen LogP contribution in [0.4, 0.5) is 5.69 Å². The topological polar surface area (TPSA) is 97.1 Å². The molecule has 1 aromatic carbocycles. The van der Waals surface area contributed by atoms with Gasteiger partial charge in [-0.25, -0.2) is 4.79 Å². The van der Waals surface area contributed by atoms with Gasteiger partial charge in [0, 0.05) is 6.04 Å². The van der Waals surface area contributed by atoms with E-state index in [-0.39, 0.29) is 23.3 Å². The van der Waals surface area contributed by atoms with Crippen LogP contribution in [0.3, 0.4) is 0 Å². The number of thioether (sulfide) groups is 1. The van der Waals surface area contributed by atoms with Crippen LogP contribution in [0.15, 0.2) is 29.7 Å². The number of carbonyl (C=O) groups excluding carboxylic acids is 1. The van der Waals surface area contributed by atoms with Crippen molar-refractivity contribution in [1.29, 1.82) is 0 Å². The SMILES string of the molecule is Cc1ccc(NC(=O)CSc2nncn2C(C)C)c(C(=O)O)c1. The number of nitrogens with zero attached hydrogens (tertiary/aromatic N) is 3. The van der Waals surface area contributed by atoms with E-state index >= 15 is 0 Å². The molecule has 0 spiro atoms. The highest BCUT2D eigenvalue weighted by atomic mass is 32.2. The van der Waals surface area contributed by atoms with Crippen LogP contribution in [0.2, 0.25) is 0 Å². The zero-order valence-electron chi connectivity index (χ0n) is 13.1. The molecule has 1 heterocycles. The molecule has 1 aromatic heterocycles. The number of aromatic nitrogens is 3. The average molecular weight is 334 g/mol. The summed E-state index contributed by atoms with van der Waals surface area (Å²) >= 11 is 1.26. The Hall–Kier alpha value is -2.35. The van der Waals surface area contributed by atoms with Crippen molar-refractivity contribution < 1.29 is 14.7 Å². The Labute approximate surface area is 138 Å². The van der Waals surface area contributed by atoms with Gasteiger partial charge >= 0.3 is 5.97 Å². The van der Waals surface area contributed by atoms with E-state index in [0.717, 1.165) is 5.56 Å². The largest absolute Gasteiger partial charge is 0.478 e. The van der Waals surface area contributed by atoms with Crippen molar-refractivity contribution in [2.75, 3.05) is 11.1 Å². The van der Waals surface area contributed by atoms with E-state index < -0.39 is 5.97 Å². The first-order chi connectivity index (χ1) is 10.9. The molecule has 7 nitrogen and oxygen atoms in total. The lowest BCUT2D eigenvalue weighted by Crippen LogP contribution is -2.17. The number of hydrogen-bond donors (Lipinski definition) is 2. The summed E-state index contributed by atoms with van der Waals surface area (Å²) in [6, 6.07) is 5.08. The number of carboxylic acids is 1. The molecule has 0 saturated carbocycles. The molecule has 0 fully saturated rings. The van der Waals surface area contributed by atoms with Gasteiger partial charge < -0.3 is 15.0 Å². The van der Waals surface area contributed by atoms with E-state index in [9.17, 15) is 14.7 Å². The lowest BCUT2D eigenvalue weighted by Gasteiger charge is -2.11. The second-order valence-corrected chi connectivity index (χ2v) is 6.25. The fraction of sp³-hybridized carbons (Fsp3) is 0.333. The molecule has 1 amide bonds. The summed E-state index contributed by atoms with van der Waals surface area (Å²) in [5.74, 6) is -1.24. The van der Waals surface area contributed by atoms with Gasteiger partial charge in [-0.2, -0.15) is 0 Å². The van der Waals surface area contributed by atoms with Crippen LogP contribution in [-0.4, -0.2) is 37.5 Å². The molecule has 0 aliphatic carbocycles. The van der Waals surface area contributed by atoms with Crippen molar-refractivity contribution in [3.63, 3.8) is 0 Å². The van der Waals surface area contributed by atoms with Crippen molar-refractivity contribution in [3.05, 3.63) is 35.7 Å². The van der Waals surface area contributed by atoms with E-state index in [1.807, 2.05) is 18.4 Å². The standard InChI is InChI=1S/C15H18N4O3S/c1-9(2)19-8-16-18-15(19)23-7-13(20)17-12-5-4-10(3)6-11(12)14(21)22/h4-6,8-9H,7H2,1-3H3,(H,17,20)(H,21,22). The van der Waals surface area contributed by atoms with Crippen molar-refractivity contribution in [2.24, 2.45) is 0 Å². The van der Waals surface area contributed by atoms with Crippen LogP contribution < -0.4 is 5.32 Å². The number of aryl methyl sites for hydroxylation is 1. The molecule has 0 bridgehead atoms. The summed E-state index contributed by atoms with van der Waals surface area (Å²) in [5.41, 5.74) is 1.19. The van der Waals surface area contributed by atoms with Gasteiger partial charge in [-0.15, -0.1) is 10.2 Å². The maximum atomic E-state index is 12.1. The van der Waals surface area contributed by atoms with Gasteiger partial charge in [0.2, 0.25) is 5.91 Å². The maximum Gasteiger partial charge on any atom is 0.337 e. The van der Waals surface area contributed by atoms with E-state index in [0.29, 0.717) is 10.8 Å². The monoisotopic (exact) mass is 334 g/mol. The summed E-state index contributed by atoms with van der Waals surface area (Å²) in [7, 11) is 0. The van der Waals surface area contributed by atoms with Crippen molar-refractivity contribution in [2.45, 2.75) is 32.0 Å². The van der Waals surface area contributed by atoms with E-state index in [4.69, 9.17) is 0 Å². The Morgan fingerprint density at radius 1 is 1.39 bits per heavy atom. The number of amides is 1. The molecule has 0 radical (unpaired) electrons. The van der Waals surface area contributed by atoms with Crippen LogP contribution in [0.5, 0.6) is 0 Å². The number of benzene rings is 1. The molecule has 0 unspecified atom stereocenters. The van der Waals surface area contributed by atoms with Gasteiger partial charge in [-0.1, -0.05) is 23.4 Å². The molecule has 0 aliphatic rings. The normalized spacial score (nSPS) is 10.8. The first kappa shape index (κ1) is 17.0. The Bertz CT molecular complexity index is 727. The number of anilines is 1. The number of carbonyl (C=O) groups is 2. The minimum atomic E-state index is -1.07. The van der Waals surface area contributed by atoms with Gasteiger partial charge in [-0.05, 0) is 32.9 Å². The maximum absolute atomic E-state index is 12.1. The summed E-state index contributed by atoms with van der Waals surface area (Å²) in [5, 5.41) is 20.3. The number of hydrogen-bond acceptors (Lipinski definition) is 5. The molecule has 122 valence electrons. The third-order valence-corrected chi connectivity index (χ3v) is 4.07. The highest BCUT2D eigenvalue weighted by Crippen LogP contribution is 2.21. The molecule has 2 N–H and O–H groups in total. The third-order valence-electron chi connectivity index (χ3n) is 3.11. The first-order valence-electron chi connectivity index (χ1n) is 7.04. The van der Waals surface area contributed by atoms with E-state index in [2.05, 4.69) is 15.5 Å². The fourth-order valence-electron chi connectivity index (χ4n) is 1.95. The Morgan fingerprint density at radius 3 is 2.78 bits per heavy atom. The second-order valence-electron chi connectivity index (χ2n) is 5.31. The predicted octanol–water partition coefficient (Wildman–Crippen LogP) is 2.60. The van der Waals surface area contributed by atoms with Gasteiger partial charge in [0.05, 0.1) is 17.0 Å². The Morgan fingerprint density at radius 2 is 2.13 bits per heavy atom. The molecule has 0 saturated heterocycles. The lowest BCUT2D eigenvalue weighted by atomic mass is 10.1. The molecule has 2 aromatic rings. The molecule has 8 heteroatoms. The van der Waals surface area contributed by atoms with Crippen LogP contribution >= 0.6 is 11.8 Å². The van der Waals surface area contributed by atoms with E-state index in [1.54, 1.807) is 25.4 Å². The van der Waals surface area contributed by atoms with Gasteiger partial charge in [0.25, 0.3) is 0 Å². The third kappa shape index (κ3) is 4.32. The summed E-state index contributed by atoms with van der Waals surface area (Å²) in [4.78, 5) is 23.3. The highest BCUT2D eigenvalue weighted by Gasteiger charge is 2.14. The van der Waals surface area contributed by atoms with Crippen molar-refractivity contribution in [1.82, 2.24) is 14.8 Å². The van der Waals surface area contributed by atoms with Gasteiger partial charge in [-0.3, -0.25) is 4.79 Å². The summed E-state index contributed by atoms with van der Waals surface area (Å²) < 4.78 is 1.87. The minimum Gasteiger partial charge on any atom is -0.478 e. The first-order valence-corrected chi connectivity index (χ1v) is 8.03. The quantitative estimate of drug-likeness (QED) is 0.788. The van der Waals surface area contributed by atoms with Gasteiger partial charge in [0.1, 0.15) is 6.33 Å². The molecule has 23 heavy (non-hydrogen) atoms. The molecule has 0 aliphatic heterocycles. The molecule has 2 rings (SSSR count). The van der Waals surface area contributed by atoms with Crippen LogP contribution in [0, 0.1) is 6.92 Å². The molecule has 0 atom stereocenters. The van der Waals surface area contributed by atoms with E-state index in [1.165, 1.54) is 17.8 Å². The number of nitrogens with one attached hydrogen (secondary N) is 1. The van der Waals surface area contributed by atoms with Crippen molar-refractivity contribution >= 4 is 29.3 Å². The predicted molar refractivity (Wildman–Crippen MR) is 87.9 cm³/mol. The van der Waals surface area contributed by atoms with Crippen molar-refractivity contribution in [3.8, 4) is 0 Å². The van der Waals surface area contributed by atoms with Crippen LogP contribution in [0.1, 0.15) is 35.8 Å².